The van der Waals surface area contributed by atoms with Gasteiger partial charge in [0.15, 0.2) is 0 Å². The summed E-state index contributed by atoms with van der Waals surface area (Å²) in [4.78, 5) is 22.5. The van der Waals surface area contributed by atoms with Crippen LogP contribution in [0.25, 0.3) is 0 Å². The lowest BCUT2D eigenvalue weighted by molar-refractivity contribution is -0.139. The van der Waals surface area contributed by atoms with Crippen molar-refractivity contribution < 1.29 is 33.0 Å². The zero-order valence-electron chi connectivity index (χ0n) is 10.4. The number of carboxylic acid groups (broad SMARTS) is 1. The van der Waals surface area contributed by atoms with Crippen LogP contribution in [0.5, 0.6) is 5.75 Å². The Bertz CT molecular complexity index is 611. The van der Waals surface area contributed by atoms with Crippen molar-refractivity contribution in [3.05, 3.63) is 29.8 Å². The second-order valence-electron chi connectivity index (χ2n) is 3.71. The number of aliphatic carboxylic acids is 1. The van der Waals surface area contributed by atoms with E-state index in [1.807, 2.05) is 0 Å². The van der Waals surface area contributed by atoms with Gasteiger partial charge in [-0.3, -0.25) is 9.59 Å². The zero-order chi connectivity index (χ0) is 15.3. The number of nitrogens with one attached hydrogen (secondary N) is 1. The SMILES string of the molecule is COc1cccc(C(=O)S(=O)(=O)NC(CO)C(=O)O)c1. The van der Waals surface area contributed by atoms with Crippen molar-refractivity contribution in [1.82, 2.24) is 4.72 Å². The van der Waals surface area contributed by atoms with E-state index in [9.17, 15) is 18.0 Å². The molecule has 0 aliphatic heterocycles. The molecule has 110 valence electrons. The molecule has 0 amide bonds. The van der Waals surface area contributed by atoms with Crippen molar-refractivity contribution in [3.8, 4) is 5.75 Å². The average molecular weight is 303 g/mol. The van der Waals surface area contributed by atoms with E-state index in [1.165, 1.54) is 31.4 Å². The minimum absolute atomic E-state index is 0.182. The number of methoxy groups -OCH3 is 1. The second kappa shape index (κ2) is 6.46. The fourth-order valence-electron chi connectivity index (χ4n) is 1.31. The Morgan fingerprint density at radius 2 is 2.05 bits per heavy atom. The number of carboxylic acids is 1. The third-order valence-electron chi connectivity index (χ3n) is 2.33. The minimum atomic E-state index is -4.58. The smallest absolute Gasteiger partial charge is 0.324 e. The van der Waals surface area contributed by atoms with E-state index in [4.69, 9.17) is 14.9 Å². The minimum Gasteiger partial charge on any atom is -0.497 e. The highest BCUT2D eigenvalue weighted by Crippen LogP contribution is 2.14. The lowest BCUT2D eigenvalue weighted by atomic mass is 10.2. The maximum Gasteiger partial charge on any atom is 0.324 e. The number of carbonyl (C=O) groups excluding carboxylic acids is 1. The number of hydrogen-bond acceptors (Lipinski definition) is 6. The summed E-state index contributed by atoms with van der Waals surface area (Å²) in [6.45, 7) is -0.972. The highest BCUT2D eigenvalue weighted by molar-refractivity contribution is 8.05. The van der Waals surface area contributed by atoms with Crippen LogP contribution < -0.4 is 9.46 Å². The molecule has 0 fully saturated rings. The molecule has 1 rings (SSSR count). The number of benzene rings is 1. The first-order chi connectivity index (χ1) is 9.31. The van der Waals surface area contributed by atoms with E-state index >= 15 is 0 Å². The Morgan fingerprint density at radius 3 is 2.55 bits per heavy atom. The summed E-state index contributed by atoms with van der Waals surface area (Å²) in [6.07, 6.45) is 0. The van der Waals surface area contributed by atoms with E-state index in [1.54, 1.807) is 4.72 Å². The van der Waals surface area contributed by atoms with Crippen LogP contribution in [0.2, 0.25) is 0 Å². The van der Waals surface area contributed by atoms with Crippen LogP contribution in [0.15, 0.2) is 24.3 Å². The van der Waals surface area contributed by atoms with Crippen LogP contribution in [0.3, 0.4) is 0 Å². The first-order valence-electron chi connectivity index (χ1n) is 5.36. The maximum atomic E-state index is 11.8. The summed E-state index contributed by atoms with van der Waals surface area (Å²) in [5.41, 5.74) is -0.182. The first kappa shape index (κ1) is 16.1. The van der Waals surface area contributed by atoms with Gasteiger partial charge in [0.25, 0.3) is 15.1 Å². The number of rotatable bonds is 6. The van der Waals surface area contributed by atoms with E-state index in [0.29, 0.717) is 0 Å². The monoisotopic (exact) mass is 303 g/mol. The van der Waals surface area contributed by atoms with Gasteiger partial charge < -0.3 is 14.9 Å². The summed E-state index contributed by atoms with van der Waals surface area (Å²) in [5.74, 6) is -1.31. The van der Waals surface area contributed by atoms with Crippen LogP contribution >= 0.6 is 0 Å². The molecule has 9 heteroatoms. The van der Waals surface area contributed by atoms with Crippen LogP contribution in [0.1, 0.15) is 10.4 Å². The van der Waals surface area contributed by atoms with Crippen LogP contribution in [0, 0.1) is 0 Å². The number of hydrogen-bond donors (Lipinski definition) is 3. The molecular weight excluding hydrogens is 290 g/mol. The van der Waals surface area contributed by atoms with Crippen molar-refractivity contribution in [2.45, 2.75) is 6.04 Å². The predicted molar refractivity (Wildman–Crippen MR) is 67.9 cm³/mol. The summed E-state index contributed by atoms with van der Waals surface area (Å²) in [7, 11) is -3.23. The van der Waals surface area contributed by atoms with Gasteiger partial charge in [-0.1, -0.05) is 6.07 Å². The molecule has 1 atom stereocenters. The van der Waals surface area contributed by atoms with E-state index in [-0.39, 0.29) is 11.3 Å². The third-order valence-corrected chi connectivity index (χ3v) is 3.65. The quantitative estimate of drug-likeness (QED) is 0.627. The molecule has 1 unspecified atom stereocenters. The van der Waals surface area contributed by atoms with Crippen molar-refractivity contribution >= 4 is 21.1 Å². The lowest BCUT2D eigenvalue weighted by Gasteiger charge is -2.11. The number of aliphatic hydroxyl groups excluding tert-OH is 1. The molecule has 0 radical (unpaired) electrons. The van der Waals surface area contributed by atoms with Gasteiger partial charge >= 0.3 is 5.97 Å². The van der Waals surface area contributed by atoms with Gasteiger partial charge in [0, 0.05) is 5.56 Å². The van der Waals surface area contributed by atoms with Gasteiger partial charge in [-0.2, -0.15) is 4.72 Å². The van der Waals surface area contributed by atoms with Crippen molar-refractivity contribution in [1.29, 1.82) is 0 Å². The molecular formula is C11H13NO7S. The van der Waals surface area contributed by atoms with Gasteiger partial charge in [-0.25, -0.2) is 8.42 Å². The lowest BCUT2D eigenvalue weighted by Crippen LogP contribution is -2.45. The highest BCUT2D eigenvalue weighted by atomic mass is 32.2. The fourth-order valence-corrected chi connectivity index (χ4v) is 2.41. The summed E-state index contributed by atoms with van der Waals surface area (Å²) < 4.78 is 29.9. The molecule has 0 aliphatic rings. The first-order valence-corrected chi connectivity index (χ1v) is 6.84. The predicted octanol–water partition coefficient (Wildman–Crippen LogP) is -0.800. The van der Waals surface area contributed by atoms with Crippen molar-refractivity contribution in [2.75, 3.05) is 13.7 Å². The largest absolute Gasteiger partial charge is 0.497 e. The Kier molecular flexibility index (Phi) is 5.19. The summed E-state index contributed by atoms with van der Waals surface area (Å²) in [6, 6.07) is 3.61. The molecule has 0 saturated heterocycles. The fraction of sp³-hybridized carbons (Fsp3) is 0.273. The summed E-state index contributed by atoms with van der Waals surface area (Å²) in [5, 5.41) is 16.1. The molecule has 3 N–H and O–H groups in total. The molecule has 0 aromatic heterocycles. The zero-order valence-corrected chi connectivity index (χ0v) is 11.3. The Balaban J connectivity index is 3.02. The molecule has 0 aliphatic carbocycles. The Labute approximate surface area is 115 Å². The number of carbonyl (C=O) groups is 2. The molecule has 0 saturated carbocycles. The molecule has 0 heterocycles. The number of aliphatic hydroxyl groups is 1. The second-order valence-corrected chi connectivity index (χ2v) is 5.33. The average Bonchev–Trinajstić information content (AvgIpc) is 2.43. The maximum absolute atomic E-state index is 11.8. The number of sulfonamides is 1. The van der Waals surface area contributed by atoms with Gasteiger partial charge in [0.1, 0.15) is 11.8 Å². The standard InChI is InChI=1S/C11H13NO7S/c1-19-8-4-2-3-7(5-8)11(16)20(17,18)12-9(6-13)10(14)15/h2-5,9,12-13H,6H2,1H3,(H,14,15). The topological polar surface area (TPSA) is 130 Å². The Morgan fingerprint density at radius 1 is 1.40 bits per heavy atom. The molecule has 20 heavy (non-hydrogen) atoms. The van der Waals surface area contributed by atoms with Crippen LogP contribution in [-0.4, -0.2) is 49.5 Å². The molecule has 0 bridgehead atoms. The molecule has 1 aromatic rings. The van der Waals surface area contributed by atoms with Crippen molar-refractivity contribution in [3.63, 3.8) is 0 Å². The molecule has 8 nitrogen and oxygen atoms in total. The van der Waals surface area contributed by atoms with E-state index in [2.05, 4.69) is 0 Å². The van der Waals surface area contributed by atoms with E-state index in [0.717, 1.165) is 0 Å². The normalized spacial score (nSPS) is 12.7. The van der Waals surface area contributed by atoms with Gasteiger partial charge in [-0.05, 0) is 18.2 Å². The Hall–Kier alpha value is -1.97. The third kappa shape index (κ3) is 3.76. The number of ether oxygens (including phenoxy) is 1. The van der Waals surface area contributed by atoms with Crippen molar-refractivity contribution in [2.24, 2.45) is 0 Å². The van der Waals surface area contributed by atoms with Gasteiger partial charge in [0.2, 0.25) is 0 Å². The van der Waals surface area contributed by atoms with Crippen LogP contribution in [0.4, 0.5) is 0 Å². The summed E-state index contributed by atoms with van der Waals surface area (Å²) >= 11 is 0. The van der Waals surface area contributed by atoms with Crippen LogP contribution in [-0.2, 0) is 14.8 Å². The molecule has 0 spiro atoms. The molecule has 1 aromatic carbocycles. The van der Waals surface area contributed by atoms with Gasteiger partial charge in [-0.15, -0.1) is 0 Å². The van der Waals surface area contributed by atoms with Gasteiger partial charge in [0.05, 0.1) is 13.7 Å². The van der Waals surface area contributed by atoms with E-state index < -0.39 is 33.8 Å². The highest BCUT2D eigenvalue weighted by Gasteiger charge is 2.30.